The van der Waals surface area contributed by atoms with Crippen molar-refractivity contribution in [1.82, 2.24) is 4.72 Å². The minimum atomic E-state index is -3.79. The Bertz CT molecular complexity index is 549. The van der Waals surface area contributed by atoms with Crippen LogP contribution in [0.25, 0.3) is 0 Å². The second-order valence-electron chi connectivity index (χ2n) is 5.16. The molecule has 0 amide bonds. The molecule has 0 radical (unpaired) electrons. The Kier molecular flexibility index (Phi) is 5.71. The maximum Gasteiger partial charge on any atom is 0.321 e. The van der Waals surface area contributed by atoms with Gasteiger partial charge < -0.3 is 5.11 Å². The minimum absolute atomic E-state index is 0.0877. The topological polar surface area (TPSA) is 83.5 Å². The monoisotopic (exact) mass is 299 g/mol. The maximum absolute atomic E-state index is 12.1. The lowest BCUT2D eigenvalue weighted by Crippen LogP contribution is -2.40. The van der Waals surface area contributed by atoms with Crippen LogP contribution in [0.5, 0.6) is 0 Å². The Morgan fingerprint density at radius 3 is 2.20 bits per heavy atom. The van der Waals surface area contributed by atoms with E-state index >= 15 is 0 Å². The molecule has 0 aliphatic rings. The molecule has 5 nitrogen and oxygen atoms in total. The molecule has 0 aliphatic heterocycles. The summed E-state index contributed by atoms with van der Waals surface area (Å²) >= 11 is 0. The van der Waals surface area contributed by atoms with Gasteiger partial charge in [0.05, 0.1) is 4.90 Å². The molecule has 0 saturated carbocycles. The van der Waals surface area contributed by atoms with Gasteiger partial charge in [-0.25, -0.2) is 8.42 Å². The predicted molar refractivity (Wildman–Crippen MR) is 77.0 cm³/mol. The first kappa shape index (κ1) is 16.7. The summed E-state index contributed by atoms with van der Waals surface area (Å²) in [6, 6.07) is 5.44. The van der Waals surface area contributed by atoms with E-state index in [2.05, 4.69) is 18.6 Å². The lowest BCUT2D eigenvalue weighted by molar-refractivity contribution is -0.139. The molecular weight excluding hydrogens is 278 g/mol. The molecule has 0 saturated heterocycles. The number of carbonyl (C=O) groups is 1. The fourth-order valence-corrected chi connectivity index (χ4v) is 3.11. The highest BCUT2D eigenvalue weighted by Crippen LogP contribution is 2.14. The van der Waals surface area contributed by atoms with Gasteiger partial charge in [0.2, 0.25) is 10.0 Å². The van der Waals surface area contributed by atoms with Gasteiger partial charge in [-0.2, -0.15) is 4.72 Å². The van der Waals surface area contributed by atoms with Gasteiger partial charge in [0.15, 0.2) is 0 Å². The van der Waals surface area contributed by atoms with Crippen molar-refractivity contribution in [3.63, 3.8) is 0 Å². The summed E-state index contributed by atoms with van der Waals surface area (Å²) in [6.07, 6.45) is 1.07. The van der Waals surface area contributed by atoms with E-state index in [0.717, 1.165) is 12.0 Å². The summed E-state index contributed by atoms with van der Waals surface area (Å²) in [4.78, 5) is 11.0. The van der Waals surface area contributed by atoms with Crippen LogP contribution in [0, 0.1) is 5.92 Å². The fraction of sp³-hybridized carbons (Fsp3) is 0.500. The highest BCUT2D eigenvalue weighted by atomic mass is 32.2. The summed E-state index contributed by atoms with van der Waals surface area (Å²) in [5, 5.41) is 8.90. The van der Waals surface area contributed by atoms with E-state index in [1.165, 1.54) is 12.1 Å². The van der Waals surface area contributed by atoms with Crippen molar-refractivity contribution in [2.24, 2.45) is 5.92 Å². The van der Waals surface area contributed by atoms with E-state index in [1.54, 1.807) is 19.1 Å². The quantitative estimate of drug-likeness (QED) is 0.807. The van der Waals surface area contributed by atoms with E-state index in [0.29, 0.717) is 5.92 Å². The number of hydrogen-bond donors (Lipinski definition) is 2. The van der Waals surface area contributed by atoms with Gasteiger partial charge in [0.1, 0.15) is 6.04 Å². The Balaban J connectivity index is 2.90. The zero-order valence-electron chi connectivity index (χ0n) is 12.0. The van der Waals surface area contributed by atoms with E-state index in [4.69, 9.17) is 5.11 Å². The van der Waals surface area contributed by atoms with Crippen molar-refractivity contribution in [3.05, 3.63) is 29.8 Å². The van der Waals surface area contributed by atoms with E-state index in [-0.39, 0.29) is 11.3 Å². The van der Waals surface area contributed by atoms with Crippen LogP contribution in [0.1, 0.15) is 32.8 Å². The van der Waals surface area contributed by atoms with Crippen molar-refractivity contribution < 1.29 is 18.3 Å². The van der Waals surface area contributed by atoms with Crippen molar-refractivity contribution >= 4 is 16.0 Å². The van der Waals surface area contributed by atoms with Crippen LogP contribution in [-0.4, -0.2) is 25.5 Å². The number of nitrogens with one attached hydrogen (secondary N) is 1. The number of benzene rings is 1. The van der Waals surface area contributed by atoms with Crippen LogP contribution in [-0.2, 0) is 21.2 Å². The Hall–Kier alpha value is -1.40. The van der Waals surface area contributed by atoms with Crippen LogP contribution in [0.2, 0.25) is 0 Å². The molecule has 0 fully saturated rings. The molecule has 6 heteroatoms. The Labute approximate surface area is 120 Å². The third-order valence-corrected chi connectivity index (χ3v) is 4.37. The van der Waals surface area contributed by atoms with Gasteiger partial charge in [-0.05, 0) is 36.5 Å². The van der Waals surface area contributed by atoms with Gasteiger partial charge in [-0.1, -0.05) is 32.9 Å². The molecule has 1 unspecified atom stereocenters. The predicted octanol–water partition coefficient (Wildman–Crippen LogP) is 2.03. The number of carboxylic acid groups (broad SMARTS) is 1. The summed E-state index contributed by atoms with van der Waals surface area (Å²) in [7, 11) is -3.79. The second kappa shape index (κ2) is 6.85. The molecule has 2 N–H and O–H groups in total. The lowest BCUT2D eigenvalue weighted by Gasteiger charge is -2.13. The molecule has 1 rings (SSSR count). The minimum Gasteiger partial charge on any atom is -0.480 e. The third-order valence-electron chi connectivity index (χ3n) is 2.88. The lowest BCUT2D eigenvalue weighted by atomic mass is 10.0. The third kappa shape index (κ3) is 4.61. The highest BCUT2D eigenvalue weighted by Gasteiger charge is 2.23. The van der Waals surface area contributed by atoms with Crippen LogP contribution in [0.4, 0.5) is 0 Å². The van der Waals surface area contributed by atoms with Crippen LogP contribution < -0.4 is 4.72 Å². The first-order valence-electron chi connectivity index (χ1n) is 6.60. The number of sulfonamides is 1. The first-order chi connectivity index (χ1) is 9.26. The molecule has 1 aromatic carbocycles. The van der Waals surface area contributed by atoms with E-state index in [9.17, 15) is 13.2 Å². The standard InChI is InChI=1S/C14H21NO4S/c1-4-13(14(16)17)15-20(18,19)12-7-5-11(6-8-12)9-10(2)3/h5-8,10,13,15H,4,9H2,1-3H3,(H,16,17). The second-order valence-corrected chi connectivity index (χ2v) is 6.88. The molecule has 1 aromatic rings. The fourth-order valence-electron chi connectivity index (χ4n) is 1.84. The van der Waals surface area contributed by atoms with Crippen molar-refractivity contribution in [1.29, 1.82) is 0 Å². The van der Waals surface area contributed by atoms with Crippen LogP contribution in [0.3, 0.4) is 0 Å². The van der Waals surface area contributed by atoms with E-state index < -0.39 is 22.0 Å². The van der Waals surface area contributed by atoms with E-state index in [1.807, 2.05) is 0 Å². The normalized spacial score (nSPS) is 13.4. The van der Waals surface area contributed by atoms with Gasteiger partial charge >= 0.3 is 5.97 Å². The number of rotatable bonds is 7. The smallest absolute Gasteiger partial charge is 0.321 e. The average Bonchev–Trinajstić information content (AvgIpc) is 2.35. The molecule has 0 aliphatic carbocycles. The molecule has 20 heavy (non-hydrogen) atoms. The molecule has 1 atom stereocenters. The Morgan fingerprint density at radius 1 is 1.25 bits per heavy atom. The van der Waals surface area contributed by atoms with Gasteiger partial charge in [0.25, 0.3) is 0 Å². The molecule has 0 aromatic heterocycles. The summed E-state index contributed by atoms with van der Waals surface area (Å²) in [5.74, 6) is -0.681. The van der Waals surface area contributed by atoms with Crippen molar-refractivity contribution in [2.75, 3.05) is 0 Å². The number of aliphatic carboxylic acids is 1. The molecule has 112 valence electrons. The zero-order chi connectivity index (χ0) is 15.3. The van der Waals surface area contributed by atoms with Crippen molar-refractivity contribution in [3.8, 4) is 0 Å². The average molecular weight is 299 g/mol. The maximum atomic E-state index is 12.1. The molecular formula is C14H21NO4S. The highest BCUT2D eigenvalue weighted by molar-refractivity contribution is 7.89. The van der Waals surface area contributed by atoms with Crippen LogP contribution >= 0.6 is 0 Å². The van der Waals surface area contributed by atoms with Gasteiger partial charge in [-0.3, -0.25) is 4.79 Å². The Morgan fingerprint density at radius 2 is 1.80 bits per heavy atom. The van der Waals surface area contributed by atoms with Gasteiger partial charge in [-0.15, -0.1) is 0 Å². The molecule has 0 heterocycles. The largest absolute Gasteiger partial charge is 0.480 e. The first-order valence-corrected chi connectivity index (χ1v) is 8.08. The van der Waals surface area contributed by atoms with Gasteiger partial charge in [0, 0.05) is 0 Å². The summed E-state index contributed by atoms with van der Waals surface area (Å²) in [5.41, 5.74) is 1.06. The summed E-state index contributed by atoms with van der Waals surface area (Å²) < 4.78 is 26.3. The number of hydrogen-bond acceptors (Lipinski definition) is 3. The zero-order valence-corrected chi connectivity index (χ0v) is 12.8. The summed E-state index contributed by atoms with van der Waals surface area (Å²) in [6.45, 7) is 5.79. The molecule has 0 spiro atoms. The molecule has 0 bridgehead atoms. The van der Waals surface area contributed by atoms with Crippen LogP contribution in [0.15, 0.2) is 29.2 Å². The SMILES string of the molecule is CCC(NS(=O)(=O)c1ccc(CC(C)C)cc1)C(=O)O. The number of carboxylic acids is 1. The van der Waals surface area contributed by atoms with Crippen molar-refractivity contribution in [2.45, 2.75) is 44.6 Å².